The maximum absolute atomic E-state index is 12.0. The lowest BCUT2D eigenvalue weighted by Crippen LogP contribution is -2.63. The zero-order chi connectivity index (χ0) is 13.4. The number of hydrogen-bond donors (Lipinski definition) is 2. The van der Waals surface area contributed by atoms with Gasteiger partial charge in [-0.2, -0.15) is 0 Å². The lowest BCUT2D eigenvalue weighted by atomic mass is 9.88. The van der Waals surface area contributed by atoms with Crippen LogP contribution in [0.2, 0.25) is 0 Å². The lowest BCUT2D eigenvalue weighted by Gasteiger charge is -2.43. The summed E-state index contributed by atoms with van der Waals surface area (Å²) in [4.78, 5) is 14.2. The van der Waals surface area contributed by atoms with Crippen LogP contribution < -0.4 is 11.1 Å². The lowest BCUT2D eigenvalue weighted by molar-refractivity contribution is -0.134. The molecule has 1 saturated heterocycles. The molecule has 0 saturated carbocycles. The van der Waals surface area contributed by atoms with E-state index in [1.54, 1.807) is 14.2 Å². The van der Waals surface area contributed by atoms with E-state index in [2.05, 4.69) is 10.2 Å². The molecule has 106 valence electrons. The minimum atomic E-state index is -0.645. The van der Waals surface area contributed by atoms with Crippen molar-refractivity contribution in [1.29, 1.82) is 0 Å². The number of carbonyl (C=O) groups excluding carboxylic acids is 1. The minimum absolute atomic E-state index is 0.279. The highest BCUT2D eigenvalue weighted by Gasteiger charge is 2.42. The van der Waals surface area contributed by atoms with Gasteiger partial charge in [-0.15, -0.1) is 0 Å². The second-order valence-electron chi connectivity index (χ2n) is 4.62. The number of hydrogen-bond acceptors (Lipinski definition) is 5. The number of amides is 1. The van der Waals surface area contributed by atoms with Gasteiger partial charge in [-0.1, -0.05) is 0 Å². The first-order valence-electron chi connectivity index (χ1n) is 6.41. The number of piperazine rings is 1. The van der Waals surface area contributed by atoms with Crippen molar-refractivity contribution in [2.24, 2.45) is 5.73 Å². The van der Waals surface area contributed by atoms with Crippen LogP contribution in [0.15, 0.2) is 0 Å². The van der Waals surface area contributed by atoms with Crippen molar-refractivity contribution < 1.29 is 14.3 Å². The van der Waals surface area contributed by atoms with Gasteiger partial charge in [0.1, 0.15) is 5.54 Å². The van der Waals surface area contributed by atoms with E-state index < -0.39 is 5.54 Å². The summed E-state index contributed by atoms with van der Waals surface area (Å²) in [5.41, 5.74) is 5.03. The molecule has 0 bridgehead atoms. The normalized spacial score (nSPS) is 17.9. The van der Waals surface area contributed by atoms with Crippen molar-refractivity contribution in [2.75, 3.05) is 53.6 Å². The first-order valence-corrected chi connectivity index (χ1v) is 6.41. The predicted octanol–water partition coefficient (Wildman–Crippen LogP) is -0.811. The summed E-state index contributed by atoms with van der Waals surface area (Å²) < 4.78 is 10.3. The van der Waals surface area contributed by atoms with Crippen molar-refractivity contribution >= 4 is 5.91 Å². The number of carbonyl (C=O) groups is 1. The van der Waals surface area contributed by atoms with Gasteiger partial charge in [0.2, 0.25) is 5.91 Å². The fourth-order valence-corrected chi connectivity index (χ4v) is 2.48. The third-order valence-electron chi connectivity index (χ3n) is 3.62. The van der Waals surface area contributed by atoms with Gasteiger partial charge in [-0.3, -0.25) is 9.69 Å². The summed E-state index contributed by atoms with van der Waals surface area (Å²) in [5.74, 6) is -0.279. The van der Waals surface area contributed by atoms with Crippen molar-refractivity contribution in [3.8, 4) is 0 Å². The van der Waals surface area contributed by atoms with Gasteiger partial charge in [-0.05, 0) is 12.8 Å². The fourth-order valence-electron chi connectivity index (χ4n) is 2.48. The van der Waals surface area contributed by atoms with Gasteiger partial charge in [-0.25, -0.2) is 0 Å². The van der Waals surface area contributed by atoms with E-state index in [4.69, 9.17) is 15.2 Å². The molecule has 1 aliphatic heterocycles. The van der Waals surface area contributed by atoms with Gasteiger partial charge in [0.25, 0.3) is 0 Å². The first-order chi connectivity index (χ1) is 8.67. The summed E-state index contributed by atoms with van der Waals surface area (Å²) in [6.07, 6.45) is 1.23. The van der Waals surface area contributed by atoms with Crippen LogP contribution in [0.4, 0.5) is 0 Å². The highest BCUT2D eigenvalue weighted by Crippen LogP contribution is 2.25. The van der Waals surface area contributed by atoms with E-state index in [-0.39, 0.29) is 5.91 Å². The molecule has 6 heteroatoms. The number of primary amides is 1. The predicted molar refractivity (Wildman–Crippen MR) is 69.4 cm³/mol. The molecule has 6 nitrogen and oxygen atoms in total. The molecule has 1 amide bonds. The van der Waals surface area contributed by atoms with Crippen LogP contribution in [0.1, 0.15) is 12.8 Å². The van der Waals surface area contributed by atoms with Gasteiger partial charge in [0.15, 0.2) is 0 Å². The molecule has 1 rings (SSSR count). The summed E-state index contributed by atoms with van der Waals surface area (Å²) in [7, 11) is 3.28. The topological polar surface area (TPSA) is 76.8 Å². The third-order valence-corrected chi connectivity index (χ3v) is 3.62. The smallest absolute Gasteiger partial charge is 0.238 e. The SMILES string of the molecule is COCCC(CCOC)(C(N)=O)N1CCNCC1. The zero-order valence-corrected chi connectivity index (χ0v) is 11.4. The molecule has 0 aliphatic carbocycles. The average Bonchev–Trinajstić information content (AvgIpc) is 2.40. The molecule has 0 aromatic heterocycles. The molecule has 0 atom stereocenters. The van der Waals surface area contributed by atoms with E-state index in [0.29, 0.717) is 26.1 Å². The van der Waals surface area contributed by atoms with Crippen LogP contribution >= 0.6 is 0 Å². The molecule has 0 radical (unpaired) electrons. The van der Waals surface area contributed by atoms with Gasteiger partial charge < -0.3 is 20.5 Å². The molecule has 1 aliphatic rings. The molecule has 0 unspecified atom stereocenters. The maximum Gasteiger partial charge on any atom is 0.238 e. The molecule has 0 aromatic rings. The number of ether oxygens (including phenoxy) is 2. The van der Waals surface area contributed by atoms with Crippen molar-refractivity contribution in [2.45, 2.75) is 18.4 Å². The number of methoxy groups -OCH3 is 2. The number of nitrogens with zero attached hydrogens (tertiary/aromatic N) is 1. The second kappa shape index (κ2) is 7.68. The van der Waals surface area contributed by atoms with E-state index in [1.807, 2.05) is 0 Å². The third kappa shape index (κ3) is 3.65. The molecular formula is C12H25N3O3. The van der Waals surface area contributed by atoms with Crippen LogP contribution in [0, 0.1) is 0 Å². The summed E-state index contributed by atoms with van der Waals surface area (Å²) >= 11 is 0. The maximum atomic E-state index is 12.0. The van der Waals surface area contributed by atoms with Gasteiger partial charge in [0, 0.05) is 53.6 Å². The summed E-state index contributed by atoms with van der Waals surface area (Å²) in [5, 5.41) is 3.28. The van der Waals surface area contributed by atoms with Gasteiger partial charge >= 0.3 is 0 Å². The Morgan fingerprint density at radius 3 is 2.11 bits per heavy atom. The second-order valence-corrected chi connectivity index (χ2v) is 4.62. The number of nitrogens with one attached hydrogen (secondary N) is 1. The average molecular weight is 259 g/mol. The summed E-state index contributed by atoms with van der Waals surface area (Å²) in [6.45, 7) is 4.48. The Morgan fingerprint density at radius 2 is 1.72 bits per heavy atom. The minimum Gasteiger partial charge on any atom is -0.385 e. The quantitative estimate of drug-likeness (QED) is 0.596. The molecular weight excluding hydrogens is 234 g/mol. The Hall–Kier alpha value is -0.690. The van der Waals surface area contributed by atoms with E-state index in [9.17, 15) is 4.79 Å². The molecule has 1 fully saturated rings. The van der Waals surface area contributed by atoms with Crippen LogP contribution in [-0.2, 0) is 14.3 Å². The Bertz CT molecular complexity index is 247. The van der Waals surface area contributed by atoms with Crippen LogP contribution in [-0.4, -0.2) is 70.0 Å². The number of nitrogens with two attached hydrogens (primary N) is 1. The fraction of sp³-hybridized carbons (Fsp3) is 0.917. The van der Waals surface area contributed by atoms with Gasteiger partial charge in [0.05, 0.1) is 0 Å². The first kappa shape index (κ1) is 15.4. The molecule has 18 heavy (non-hydrogen) atoms. The summed E-state index contributed by atoms with van der Waals surface area (Å²) in [6, 6.07) is 0. The molecule has 0 aromatic carbocycles. The standard InChI is InChI=1S/C12H25N3O3/c1-17-9-3-12(11(13)16,4-10-18-2)15-7-5-14-6-8-15/h14H,3-10H2,1-2H3,(H2,13,16). The van der Waals surface area contributed by atoms with E-state index in [1.165, 1.54) is 0 Å². The zero-order valence-electron chi connectivity index (χ0n) is 11.4. The molecule has 1 heterocycles. The van der Waals surface area contributed by atoms with Crippen LogP contribution in [0.3, 0.4) is 0 Å². The van der Waals surface area contributed by atoms with E-state index >= 15 is 0 Å². The Kier molecular flexibility index (Phi) is 6.56. The Morgan fingerprint density at radius 1 is 1.22 bits per heavy atom. The number of rotatable bonds is 8. The molecule has 3 N–H and O–H groups in total. The van der Waals surface area contributed by atoms with Crippen molar-refractivity contribution in [3.63, 3.8) is 0 Å². The van der Waals surface area contributed by atoms with Crippen LogP contribution in [0.5, 0.6) is 0 Å². The Balaban J connectivity index is 2.82. The molecule has 0 spiro atoms. The van der Waals surface area contributed by atoms with Crippen molar-refractivity contribution in [3.05, 3.63) is 0 Å². The van der Waals surface area contributed by atoms with E-state index in [0.717, 1.165) is 26.2 Å². The highest BCUT2D eigenvalue weighted by molar-refractivity contribution is 5.84. The monoisotopic (exact) mass is 259 g/mol. The van der Waals surface area contributed by atoms with Crippen LogP contribution in [0.25, 0.3) is 0 Å². The van der Waals surface area contributed by atoms with Crippen molar-refractivity contribution in [1.82, 2.24) is 10.2 Å². The largest absolute Gasteiger partial charge is 0.385 e. The highest BCUT2D eigenvalue weighted by atomic mass is 16.5. The Labute approximate surface area is 109 Å².